The Kier molecular flexibility index (Phi) is 20.2. The van der Waals surface area contributed by atoms with Crippen LogP contribution >= 0.6 is 68.0 Å². The van der Waals surface area contributed by atoms with E-state index in [1.807, 2.05) is 0 Å². The Labute approximate surface area is 689 Å². The van der Waals surface area contributed by atoms with Crippen LogP contribution in [0, 0.1) is 47.4 Å². The van der Waals surface area contributed by atoms with Gasteiger partial charge in [0.1, 0.15) is 0 Å². The standard InChI is InChI=1S/C108H64S6/c1-13-37-73(38-14-1)97-85-61-62-87-99(75-41-17-3-18-42-75)101(77-45-21-5-22-46-77)89(110-87)65-66-91-103(79-49-25-7-26-50-79)105(81-53-29-9-30-54-81)93(112-91)69-70-95-107(83-57-33-11-34-58-83)108(84-59-35-12-36-60-84)96(114-95)72-71-94-106(82-55-31-10-32-56-82)104(80-51-27-8-28-52-80)92(113-94)68-67-90-102(78-47-23-6-24-48-78)100(76-43-19-4-20-44-76)88(111-90)64-63-86(109-85)98(97)74-39-15-2-16-40-74/h1-62,71-72H/b62-61-,72-71-,85-61?,87-62?,94-71?,96-72?. The highest BCUT2D eigenvalue weighted by atomic mass is 32.1. The van der Waals surface area contributed by atoms with Gasteiger partial charge in [-0.3, -0.25) is 0 Å². The van der Waals surface area contributed by atoms with Gasteiger partial charge >= 0.3 is 0 Å². The number of rotatable bonds is 12. The zero-order valence-corrected chi connectivity index (χ0v) is 66.3. The highest BCUT2D eigenvalue weighted by Crippen LogP contribution is 2.52. The molecular weight excluding hydrogens is 1490 g/mol. The molecule has 0 spiro atoms. The van der Waals surface area contributed by atoms with E-state index in [4.69, 9.17) is 0 Å². The normalized spacial score (nSPS) is 12.0. The summed E-state index contributed by atoms with van der Waals surface area (Å²) in [5.74, 6) is 31.6. The molecule has 114 heavy (non-hydrogen) atoms. The highest BCUT2D eigenvalue weighted by Gasteiger charge is 2.28. The molecular formula is C108H64S6. The van der Waals surface area contributed by atoms with Crippen molar-refractivity contribution in [1.82, 2.24) is 0 Å². The first-order valence-electron chi connectivity index (χ1n) is 37.7. The van der Waals surface area contributed by atoms with Crippen molar-refractivity contribution >= 4 is 92.3 Å². The number of benzene rings is 12. The Morgan fingerprint density at radius 2 is 0.219 bits per heavy atom. The molecule has 6 aromatic heterocycles. The first kappa shape index (κ1) is 70.9. The van der Waals surface area contributed by atoms with Gasteiger partial charge in [-0.05, 0) is 138 Å². The van der Waals surface area contributed by atoms with Gasteiger partial charge in [0, 0.05) is 86.3 Å². The maximum absolute atomic E-state index is 3.96. The molecule has 12 bridgehead atoms. The van der Waals surface area contributed by atoms with Crippen LogP contribution in [0.25, 0.3) is 158 Å². The molecule has 6 heteroatoms. The monoisotopic (exact) mass is 1550 g/mol. The van der Waals surface area contributed by atoms with Crippen molar-refractivity contribution in [1.29, 1.82) is 0 Å². The van der Waals surface area contributed by atoms with Crippen molar-refractivity contribution in [3.05, 3.63) is 423 Å². The molecule has 19 rings (SSSR count). The molecule has 0 unspecified atom stereocenters. The minimum atomic E-state index is 0.932. The van der Waals surface area contributed by atoms with Crippen molar-refractivity contribution in [2.45, 2.75) is 0 Å². The van der Waals surface area contributed by atoms with E-state index in [2.05, 4.69) is 436 Å². The van der Waals surface area contributed by atoms with Gasteiger partial charge in [-0.15, -0.1) is 68.0 Å². The lowest BCUT2D eigenvalue weighted by Crippen LogP contribution is -1.87. The summed E-state index contributed by atoms with van der Waals surface area (Å²) in [7, 11) is 0. The maximum atomic E-state index is 3.96. The average Bonchev–Trinajstić information content (AvgIpc) is 1.62. The second-order valence-electron chi connectivity index (χ2n) is 27.3. The van der Waals surface area contributed by atoms with Crippen molar-refractivity contribution in [2.24, 2.45) is 0 Å². The number of hydrogen-bond donors (Lipinski definition) is 0. The largest absolute Gasteiger partial charge is 0.126 e. The summed E-state index contributed by atoms with van der Waals surface area (Å²) in [6, 6.07) is 130. The Morgan fingerprint density at radius 3 is 0.351 bits per heavy atom. The van der Waals surface area contributed by atoms with Crippen LogP contribution in [0.5, 0.6) is 0 Å². The molecule has 0 N–H and O–H groups in total. The summed E-state index contributed by atoms with van der Waals surface area (Å²) in [5.41, 5.74) is 26.1. The van der Waals surface area contributed by atoms with Crippen molar-refractivity contribution in [2.75, 3.05) is 0 Å². The first-order valence-corrected chi connectivity index (χ1v) is 42.6. The minimum absolute atomic E-state index is 0.932. The van der Waals surface area contributed by atoms with E-state index in [0.717, 1.165) is 192 Å². The molecule has 0 atom stereocenters. The summed E-state index contributed by atoms with van der Waals surface area (Å²) < 4.78 is 0. The van der Waals surface area contributed by atoms with Crippen molar-refractivity contribution in [3.63, 3.8) is 0 Å². The highest BCUT2D eigenvalue weighted by molar-refractivity contribution is 7.17. The van der Waals surface area contributed by atoms with Crippen molar-refractivity contribution in [3.8, 4) is 181 Å². The van der Waals surface area contributed by atoms with Gasteiger partial charge < -0.3 is 0 Å². The maximum Gasteiger partial charge on any atom is 0.0870 e. The quantitative estimate of drug-likeness (QED) is 0.107. The van der Waals surface area contributed by atoms with Crippen LogP contribution < -0.4 is 0 Å². The van der Waals surface area contributed by atoms with Gasteiger partial charge in [-0.1, -0.05) is 364 Å². The summed E-state index contributed by atoms with van der Waals surface area (Å²) in [4.78, 5) is 11.9. The third-order valence-electron chi connectivity index (χ3n) is 20.2. The van der Waals surface area contributed by atoms with E-state index >= 15 is 0 Å². The Morgan fingerprint density at radius 1 is 0.114 bits per heavy atom. The molecule has 0 saturated heterocycles. The molecule has 0 fully saturated rings. The van der Waals surface area contributed by atoms with Gasteiger partial charge in [-0.2, -0.15) is 0 Å². The summed E-state index contributed by atoms with van der Waals surface area (Å²) >= 11 is 10.3. The lowest BCUT2D eigenvalue weighted by atomic mass is 9.93. The molecule has 0 amide bonds. The SMILES string of the molecule is C1#Cc2sc(c(-c3ccccc3)c2-c2ccccc2)/C=C\c2sc(c(-c3ccccc3)c2-c2ccccc2)C#Cc2sc(c(-c3ccccc3)c2-c2ccccc2)C#Cc2sc(c(-c3ccccc3)c2-c2ccccc2)/C=C\c2sc(c(-c3ccccc3)c2-c2ccccc2)C#Cc2sc1c(-c1ccccc1)c2-c1ccccc1. The fraction of sp³-hybridized carbons (Fsp3) is 0. The molecule has 0 aliphatic carbocycles. The average molecular weight is 1550 g/mol. The zero-order chi connectivity index (χ0) is 75.9. The molecule has 532 valence electrons. The second-order valence-corrected chi connectivity index (χ2v) is 33.5. The van der Waals surface area contributed by atoms with Crippen LogP contribution in [0.15, 0.2) is 364 Å². The third-order valence-corrected chi connectivity index (χ3v) is 26.6. The predicted molar refractivity (Wildman–Crippen MR) is 493 cm³/mol. The smallest absolute Gasteiger partial charge is 0.0870 e. The van der Waals surface area contributed by atoms with E-state index < -0.39 is 0 Å². The number of hydrogen-bond acceptors (Lipinski definition) is 6. The first-order chi connectivity index (χ1) is 56.6. The summed E-state index contributed by atoms with van der Waals surface area (Å²) in [6.45, 7) is 0. The third kappa shape index (κ3) is 14.3. The van der Waals surface area contributed by atoms with Gasteiger partial charge in [0.2, 0.25) is 0 Å². The molecule has 0 nitrogen and oxygen atoms in total. The predicted octanol–water partition coefficient (Wildman–Crippen LogP) is 30.3. The lowest BCUT2D eigenvalue weighted by Gasteiger charge is -2.09. The van der Waals surface area contributed by atoms with Crippen LogP contribution in [0.4, 0.5) is 0 Å². The van der Waals surface area contributed by atoms with E-state index in [0.29, 0.717) is 0 Å². The number of fused-ring (bicyclic) bond motifs is 12. The summed E-state index contributed by atoms with van der Waals surface area (Å²) in [6.07, 6.45) is 9.34. The molecule has 1 aliphatic heterocycles. The summed E-state index contributed by atoms with van der Waals surface area (Å²) in [5, 5.41) is 0. The van der Waals surface area contributed by atoms with Gasteiger partial charge in [-0.25, -0.2) is 0 Å². The molecule has 7 heterocycles. The van der Waals surface area contributed by atoms with Gasteiger partial charge in [0.25, 0.3) is 0 Å². The van der Waals surface area contributed by atoms with Crippen LogP contribution in [-0.4, -0.2) is 0 Å². The Bertz CT molecular complexity index is 6040. The fourth-order valence-corrected chi connectivity index (χ4v) is 21.7. The topological polar surface area (TPSA) is 0 Å². The molecule has 0 saturated carbocycles. The Balaban J connectivity index is 0.932. The zero-order valence-electron chi connectivity index (χ0n) is 61.4. The van der Waals surface area contributed by atoms with Crippen molar-refractivity contribution < 1.29 is 0 Å². The van der Waals surface area contributed by atoms with Crippen LogP contribution in [-0.2, 0) is 0 Å². The minimum Gasteiger partial charge on any atom is -0.126 e. The van der Waals surface area contributed by atoms with Gasteiger partial charge in [0.15, 0.2) is 0 Å². The van der Waals surface area contributed by atoms with Crippen LogP contribution in [0.1, 0.15) is 58.5 Å². The van der Waals surface area contributed by atoms with E-state index in [-0.39, 0.29) is 0 Å². The molecule has 18 aromatic rings. The number of thiophene rings is 6. The van der Waals surface area contributed by atoms with E-state index in [1.165, 1.54) is 0 Å². The Hall–Kier alpha value is -13.4. The van der Waals surface area contributed by atoms with Crippen LogP contribution in [0.3, 0.4) is 0 Å². The van der Waals surface area contributed by atoms with E-state index in [9.17, 15) is 0 Å². The van der Waals surface area contributed by atoms with Gasteiger partial charge in [0.05, 0.1) is 39.0 Å². The molecule has 0 radical (unpaired) electrons. The fourth-order valence-electron chi connectivity index (χ4n) is 15.2. The molecule has 1 aliphatic rings. The molecule has 12 aromatic carbocycles. The second kappa shape index (κ2) is 32.5. The van der Waals surface area contributed by atoms with Crippen LogP contribution in [0.2, 0.25) is 0 Å². The lowest BCUT2D eigenvalue weighted by molar-refractivity contribution is 1.61. The van der Waals surface area contributed by atoms with E-state index in [1.54, 1.807) is 68.0 Å².